The summed E-state index contributed by atoms with van der Waals surface area (Å²) in [7, 11) is 0. The van der Waals surface area contributed by atoms with E-state index in [4.69, 9.17) is 9.47 Å². The van der Waals surface area contributed by atoms with Crippen molar-refractivity contribution in [2.75, 3.05) is 6.54 Å². The summed E-state index contributed by atoms with van der Waals surface area (Å²) in [6.07, 6.45) is 16.8. The Labute approximate surface area is 206 Å². The van der Waals surface area contributed by atoms with Gasteiger partial charge in [0.25, 0.3) is 0 Å². The van der Waals surface area contributed by atoms with Crippen LogP contribution in [0.3, 0.4) is 0 Å². The van der Waals surface area contributed by atoms with Crippen LogP contribution < -0.4 is 5.32 Å². The van der Waals surface area contributed by atoms with Gasteiger partial charge in [0.1, 0.15) is 11.7 Å². The van der Waals surface area contributed by atoms with Crippen molar-refractivity contribution in [3.63, 3.8) is 0 Å². The molecule has 0 aliphatic carbocycles. The number of nitrogens with one attached hydrogen (secondary N) is 1. The van der Waals surface area contributed by atoms with Gasteiger partial charge in [-0.1, -0.05) is 56.9 Å². The van der Waals surface area contributed by atoms with Gasteiger partial charge in [0.15, 0.2) is 0 Å². The molecule has 7 heteroatoms. The smallest absolute Gasteiger partial charge is 0.410 e. The first-order valence-corrected chi connectivity index (χ1v) is 12.8. The highest BCUT2D eigenvalue weighted by Crippen LogP contribution is 2.27. The van der Waals surface area contributed by atoms with Crippen molar-refractivity contribution in [3.05, 3.63) is 24.3 Å². The molecule has 7 nitrogen and oxygen atoms in total. The van der Waals surface area contributed by atoms with Crippen molar-refractivity contribution >= 4 is 18.0 Å². The van der Waals surface area contributed by atoms with Crippen molar-refractivity contribution in [3.8, 4) is 0 Å². The van der Waals surface area contributed by atoms with E-state index in [-0.39, 0.29) is 24.5 Å². The summed E-state index contributed by atoms with van der Waals surface area (Å²) in [4.78, 5) is 38.0. The average Bonchev–Trinajstić information content (AvgIpc) is 2.71. The van der Waals surface area contributed by atoms with Gasteiger partial charge in [-0.05, 0) is 46.5 Å². The predicted molar refractivity (Wildman–Crippen MR) is 135 cm³/mol. The van der Waals surface area contributed by atoms with E-state index in [2.05, 4.69) is 36.5 Å². The second kappa shape index (κ2) is 15.6. The summed E-state index contributed by atoms with van der Waals surface area (Å²) in [5.74, 6) is -0.613. The standard InChI is InChI=1S/C27H46N2O5/c1-7-8-9-10-11-12-13-14-15-16-17-18-23-19-25(33-22(3)31)24(28-21(2)30)20-29(23)26(32)34-27(4,5)6/h10-13,23-25H,7-9,14-20H2,1-6H3,(H,28,30)/b11-10+,13-12+/t23-,24+,25-/m1/s1. The van der Waals surface area contributed by atoms with Gasteiger partial charge in [-0.3, -0.25) is 9.59 Å². The summed E-state index contributed by atoms with van der Waals surface area (Å²) < 4.78 is 11.2. The van der Waals surface area contributed by atoms with Gasteiger partial charge in [-0.15, -0.1) is 0 Å². The number of hydrogen-bond donors (Lipinski definition) is 1. The minimum atomic E-state index is -0.616. The normalized spacial score (nSPS) is 21.1. The lowest BCUT2D eigenvalue weighted by atomic mass is 9.91. The molecule has 0 spiro atoms. The molecule has 0 aromatic heterocycles. The van der Waals surface area contributed by atoms with E-state index in [1.807, 2.05) is 20.8 Å². The quantitative estimate of drug-likeness (QED) is 0.221. The minimum Gasteiger partial charge on any atom is -0.460 e. The highest BCUT2D eigenvalue weighted by molar-refractivity contribution is 5.74. The number of nitrogens with zero attached hydrogens (tertiary/aromatic N) is 1. The highest BCUT2D eigenvalue weighted by atomic mass is 16.6. The molecule has 1 N–H and O–H groups in total. The van der Waals surface area contributed by atoms with Crippen LogP contribution in [0, 0.1) is 0 Å². The molecule has 1 heterocycles. The maximum absolute atomic E-state index is 13.0. The number of piperidine rings is 1. The van der Waals surface area contributed by atoms with Crippen molar-refractivity contribution < 1.29 is 23.9 Å². The second-order valence-electron chi connectivity index (χ2n) is 10.1. The zero-order valence-electron chi connectivity index (χ0n) is 22.1. The molecule has 34 heavy (non-hydrogen) atoms. The number of unbranched alkanes of at least 4 members (excludes halogenated alkanes) is 5. The Morgan fingerprint density at radius 1 is 1.00 bits per heavy atom. The van der Waals surface area contributed by atoms with Crippen LogP contribution in [0.15, 0.2) is 24.3 Å². The molecule has 1 fully saturated rings. The monoisotopic (exact) mass is 478 g/mol. The first kappa shape index (κ1) is 29.7. The Morgan fingerprint density at radius 3 is 2.21 bits per heavy atom. The molecule has 0 aromatic rings. The van der Waals surface area contributed by atoms with Gasteiger partial charge in [0.05, 0.1) is 6.04 Å². The first-order valence-electron chi connectivity index (χ1n) is 12.8. The Kier molecular flexibility index (Phi) is 13.6. The Morgan fingerprint density at radius 2 is 1.65 bits per heavy atom. The first-order chi connectivity index (χ1) is 16.0. The highest BCUT2D eigenvalue weighted by Gasteiger charge is 2.41. The fourth-order valence-corrected chi connectivity index (χ4v) is 4.09. The van der Waals surface area contributed by atoms with Gasteiger partial charge in [-0.2, -0.15) is 0 Å². The maximum atomic E-state index is 13.0. The third-order valence-corrected chi connectivity index (χ3v) is 5.64. The number of hydrogen-bond acceptors (Lipinski definition) is 5. The largest absolute Gasteiger partial charge is 0.460 e. The summed E-state index contributed by atoms with van der Waals surface area (Å²) >= 11 is 0. The Hall–Kier alpha value is -2.31. The molecule has 1 rings (SSSR count). The number of ether oxygens (including phenoxy) is 2. The zero-order valence-corrected chi connectivity index (χ0v) is 22.1. The number of esters is 1. The summed E-state index contributed by atoms with van der Waals surface area (Å²) in [5, 5.41) is 2.84. The van der Waals surface area contributed by atoms with E-state index in [0.717, 1.165) is 38.5 Å². The number of allylic oxidation sites excluding steroid dienone is 4. The van der Waals surface area contributed by atoms with Crippen molar-refractivity contribution in [2.45, 2.75) is 123 Å². The summed E-state index contributed by atoms with van der Waals surface area (Å²) in [5.41, 5.74) is -0.616. The maximum Gasteiger partial charge on any atom is 0.410 e. The Balaban J connectivity index is 2.69. The molecule has 1 saturated heterocycles. The summed E-state index contributed by atoms with van der Waals surface area (Å²) in [6, 6.07) is -0.568. The van der Waals surface area contributed by atoms with Gasteiger partial charge >= 0.3 is 12.1 Å². The zero-order chi connectivity index (χ0) is 25.6. The van der Waals surface area contributed by atoms with E-state index < -0.39 is 23.8 Å². The fourth-order valence-electron chi connectivity index (χ4n) is 4.09. The fraction of sp³-hybridized carbons (Fsp3) is 0.741. The van der Waals surface area contributed by atoms with Gasteiger partial charge in [0, 0.05) is 32.9 Å². The average molecular weight is 479 g/mol. The number of rotatable bonds is 12. The van der Waals surface area contributed by atoms with Crippen LogP contribution in [0.25, 0.3) is 0 Å². The number of likely N-dealkylation sites (tertiary alicyclic amines) is 1. The third kappa shape index (κ3) is 12.8. The molecule has 1 aliphatic rings. The molecule has 0 radical (unpaired) electrons. The lowest BCUT2D eigenvalue weighted by Gasteiger charge is -2.43. The van der Waals surface area contributed by atoms with E-state index >= 15 is 0 Å². The molecule has 1 aliphatic heterocycles. The van der Waals surface area contributed by atoms with E-state index in [1.165, 1.54) is 26.7 Å². The summed E-state index contributed by atoms with van der Waals surface area (Å²) in [6.45, 7) is 10.7. The van der Waals surface area contributed by atoms with Crippen molar-refractivity contribution in [1.29, 1.82) is 0 Å². The molecular weight excluding hydrogens is 432 g/mol. The molecule has 3 atom stereocenters. The van der Waals surface area contributed by atoms with Crippen LogP contribution in [0.2, 0.25) is 0 Å². The van der Waals surface area contributed by atoms with Crippen LogP contribution in [0.1, 0.15) is 99.3 Å². The van der Waals surface area contributed by atoms with Crippen LogP contribution in [0.5, 0.6) is 0 Å². The van der Waals surface area contributed by atoms with E-state index in [0.29, 0.717) is 6.42 Å². The lowest BCUT2D eigenvalue weighted by Crippen LogP contribution is -2.61. The topological polar surface area (TPSA) is 84.9 Å². The minimum absolute atomic E-state index is 0.110. The lowest BCUT2D eigenvalue weighted by molar-refractivity contribution is -0.152. The molecule has 0 bridgehead atoms. The molecule has 0 aromatic carbocycles. The SMILES string of the molecule is CCCC/C=C/C=C/CCCCC[C@@H]1C[C@@H](OC(C)=O)[C@@H](NC(C)=O)CN1C(=O)OC(C)(C)C. The molecule has 2 amide bonds. The second-order valence-corrected chi connectivity index (χ2v) is 10.1. The number of carbonyl (C=O) groups is 3. The van der Waals surface area contributed by atoms with Crippen LogP contribution >= 0.6 is 0 Å². The number of carbonyl (C=O) groups excluding carboxylic acids is 3. The van der Waals surface area contributed by atoms with Crippen molar-refractivity contribution in [1.82, 2.24) is 10.2 Å². The van der Waals surface area contributed by atoms with Crippen LogP contribution in [-0.2, 0) is 19.1 Å². The van der Waals surface area contributed by atoms with Crippen molar-refractivity contribution in [2.24, 2.45) is 0 Å². The van der Waals surface area contributed by atoms with E-state index in [1.54, 1.807) is 4.90 Å². The van der Waals surface area contributed by atoms with Gasteiger partial charge < -0.3 is 19.7 Å². The van der Waals surface area contributed by atoms with Crippen LogP contribution in [-0.4, -0.2) is 53.2 Å². The molecule has 194 valence electrons. The third-order valence-electron chi connectivity index (χ3n) is 5.64. The van der Waals surface area contributed by atoms with E-state index in [9.17, 15) is 14.4 Å². The molecular formula is C27H46N2O5. The van der Waals surface area contributed by atoms with Gasteiger partial charge in [-0.25, -0.2) is 4.79 Å². The van der Waals surface area contributed by atoms with Gasteiger partial charge in [0.2, 0.25) is 5.91 Å². The number of amides is 2. The van der Waals surface area contributed by atoms with Crippen LogP contribution in [0.4, 0.5) is 4.79 Å². The molecule has 0 saturated carbocycles. The molecule has 0 unspecified atom stereocenters. The predicted octanol–water partition coefficient (Wildman–Crippen LogP) is 5.69. The Bertz CT molecular complexity index is 696.